The van der Waals surface area contributed by atoms with Crippen LogP contribution in [0.4, 0.5) is 0 Å². The van der Waals surface area contributed by atoms with E-state index in [0.717, 1.165) is 18.5 Å². The smallest absolute Gasteiger partial charge is 0.172 e. The SMILES string of the molecule is CNCCc1ccc(OC)c(O)c1Br. The fourth-order valence-corrected chi connectivity index (χ4v) is 1.73. The molecule has 0 amide bonds. The van der Waals surface area contributed by atoms with E-state index in [0.29, 0.717) is 10.2 Å². The van der Waals surface area contributed by atoms with Crippen LogP contribution >= 0.6 is 15.9 Å². The average molecular weight is 260 g/mol. The summed E-state index contributed by atoms with van der Waals surface area (Å²) >= 11 is 3.34. The molecule has 0 spiro atoms. The highest BCUT2D eigenvalue weighted by Gasteiger charge is 2.09. The Morgan fingerprint density at radius 1 is 1.50 bits per heavy atom. The minimum atomic E-state index is 0.168. The van der Waals surface area contributed by atoms with Gasteiger partial charge >= 0.3 is 0 Å². The number of nitrogens with one attached hydrogen (secondary N) is 1. The summed E-state index contributed by atoms with van der Waals surface area (Å²) in [7, 11) is 3.44. The molecule has 0 heterocycles. The highest BCUT2D eigenvalue weighted by Crippen LogP contribution is 2.36. The molecule has 0 aromatic heterocycles. The van der Waals surface area contributed by atoms with E-state index in [-0.39, 0.29) is 5.75 Å². The number of methoxy groups -OCH3 is 1. The molecule has 1 aromatic rings. The molecule has 2 N–H and O–H groups in total. The lowest BCUT2D eigenvalue weighted by atomic mass is 10.1. The van der Waals surface area contributed by atoms with Crippen molar-refractivity contribution in [3.63, 3.8) is 0 Å². The van der Waals surface area contributed by atoms with Gasteiger partial charge in [0, 0.05) is 0 Å². The second-order valence-electron chi connectivity index (χ2n) is 2.94. The minimum Gasteiger partial charge on any atom is -0.503 e. The molecule has 0 saturated carbocycles. The number of likely N-dealkylation sites (N-methyl/N-ethyl adjacent to an activating group) is 1. The van der Waals surface area contributed by atoms with E-state index in [9.17, 15) is 5.11 Å². The van der Waals surface area contributed by atoms with Crippen LogP contribution in [0, 0.1) is 0 Å². The van der Waals surface area contributed by atoms with Gasteiger partial charge in [0.25, 0.3) is 0 Å². The molecule has 0 saturated heterocycles. The summed E-state index contributed by atoms with van der Waals surface area (Å²) in [5.41, 5.74) is 1.07. The van der Waals surface area contributed by atoms with E-state index in [2.05, 4.69) is 21.2 Å². The van der Waals surface area contributed by atoms with Crippen LogP contribution in [-0.4, -0.2) is 25.8 Å². The lowest BCUT2D eigenvalue weighted by Gasteiger charge is -2.09. The van der Waals surface area contributed by atoms with Crippen molar-refractivity contribution in [1.29, 1.82) is 0 Å². The summed E-state index contributed by atoms with van der Waals surface area (Å²) in [4.78, 5) is 0. The fraction of sp³-hybridized carbons (Fsp3) is 0.400. The highest BCUT2D eigenvalue weighted by molar-refractivity contribution is 9.10. The van der Waals surface area contributed by atoms with Crippen LogP contribution in [0.5, 0.6) is 11.5 Å². The molecule has 78 valence electrons. The number of phenols is 1. The molecule has 0 unspecified atom stereocenters. The van der Waals surface area contributed by atoms with Crippen LogP contribution < -0.4 is 10.1 Å². The van der Waals surface area contributed by atoms with Gasteiger partial charge in [-0.1, -0.05) is 6.07 Å². The molecule has 4 heteroatoms. The number of hydrogen-bond donors (Lipinski definition) is 2. The third kappa shape index (κ3) is 2.39. The summed E-state index contributed by atoms with van der Waals surface area (Å²) in [5, 5.41) is 12.7. The van der Waals surface area contributed by atoms with Crippen LogP contribution in [0.3, 0.4) is 0 Å². The zero-order valence-electron chi connectivity index (χ0n) is 8.30. The number of halogens is 1. The monoisotopic (exact) mass is 259 g/mol. The van der Waals surface area contributed by atoms with Crippen molar-refractivity contribution in [2.24, 2.45) is 0 Å². The summed E-state index contributed by atoms with van der Waals surface area (Å²) < 4.78 is 5.70. The molecular weight excluding hydrogens is 246 g/mol. The van der Waals surface area contributed by atoms with Gasteiger partial charge in [-0.2, -0.15) is 0 Å². The largest absolute Gasteiger partial charge is 0.503 e. The van der Waals surface area contributed by atoms with Crippen molar-refractivity contribution in [3.8, 4) is 11.5 Å². The van der Waals surface area contributed by atoms with Crippen molar-refractivity contribution in [1.82, 2.24) is 5.32 Å². The molecule has 0 aliphatic rings. The summed E-state index contributed by atoms with van der Waals surface area (Å²) in [5.74, 6) is 0.659. The molecule has 1 aromatic carbocycles. The maximum Gasteiger partial charge on any atom is 0.172 e. The second kappa shape index (κ2) is 5.22. The Kier molecular flexibility index (Phi) is 4.22. The number of phenolic OH excluding ortho intramolecular Hbond substituents is 1. The van der Waals surface area contributed by atoms with Crippen LogP contribution in [0.1, 0.15) is 5.56 Å². The molecule has 0 radical (unpaired) electrons. The topological polar surface area (TPSA) is 41.5 Å². The van der Waals surface area contributed by atoms with Gasteiger partial charge in [-0.25, -0.2) is 0 Å². The number of ether oxygens (including phenoxy) is 1. The molecule has 0 atom stereocenters. The zero-order chi connectivity index (χ0) is 10.6. The first-order chi connectivity index (χ1) is 6.70. The second-order valence-corrected chi connectivity index (χ2v) is 3.74. The van der Waals surface area contributed by atoms with Gasteiger partial charge in [0.2, 0.25) is 0 Å². The predicted octanol–water partition coefficient (Wildman–Crippen LogP) is 1.93. The lowest BCUT2D eigenvalue weighted by Crippen LogP contribution is -2.10. The quantitative estimate of drug-likeness (QED) is 0.869. The average Bonchev–Trinajstić information content (AvgIpc) is 2.20. The van der Waals surface area contributed by atoms with E-state index < -0.39 is 0 Å². The normalized spacial score (nSPS) is 10.2. The van der Waals surface area contributed by atoms with E-state index in [1.54, 1.807) is 6.07 Å². The Bertz CT molecular complexity index is 315. The van der Waals surface area contributed by atoms with Gasteiger partial charge in [-0.3, -0.25) is 0 Å². The summed E-state index contributed by atoms with van der Waals surface area (Å²) in [6.45, 7) is 0.879. The third-order valence-electron chi connectivity index (χ3n) is 2.02. The molecule has 0 aliphatic heterocycles. The van der Waals surface area contributed by atoms with Crippen molar-refractivity contribution >= 4 is 15.9 Å². The van der Waals surface area contributed by atoms with Gasteiger partial charge in [0.1, 0.15) is 0 Å². The first-order valence-electron chi connectivity index (χ1n) is 4.39. The minimum absolute atomic E-state index is 0.168. The molecule has 0 bridgehead atoms. The number of aromatic hydroxyl groups is 1. The van der Waals surface area contributed by atoms with E-state index in [1.165, 1.54) is 7.11 Å². The van der Waals surface area contributed by atoms with E-state index in [4.69, 9.17) is 4.74 Å². The van der Waals surface area contributed by atoms with Crippen molar-refractivity contribution < 1.29 is 9.84 Å². The lowest BCUT2D eigenvalue weighted by molar-refractivity contribution is 0.371. The Morgan fingerprint density at radius 3 is 2.79 bits per heavy atom. The predicted molar refractivity (Wildman–Crippen MR) is 60.0 cm³/mol. The molecule has 0 fully saturated rings. The molecule has 14 heavy (non-hydrogen) atoms. The summed E-state index contributed by atoms with van der Waals surface area (Å²) in [6, 6.07) is 3.71. The maximum absolute atomic E-state index is 9.69. The number of rotatable bonds is 4. The third-order valence-corrected chi connectivity index (χ3v) is 2.91. The van der Waals surface area contributed by atoms with Gasteiger partial charge < -0.3 is 15.2 Å². The van der Waals surface area contributed by atoms with Crippen molar-refractivity contribution in [2.45, 2.75) is 6.42 Å². The first kappa shape index (κ1) is 11.3. The zero-order valence-corrected chi connectivity index (χ0v) is 9.89. The Morgan fingerprint density at radius 2 is 2.21 bits per heavy atom. The van der Waals surface area contributed by atoms with Crippen molar-refractivity contribution in [2.75, 3.05) is 20.7 Å². The summed E-state index contributed by atoms with van der Waals surface area (Å²) in [6.07, 6.45) is 0.870. The van der Waals surface area contributed by atoms with E-state index in [1.807, 2.05) is 13.1 Å². The number of benzene rings is 1. The van der Waals surface area contributed by atoms with Crippen LogP contribution in [0.15, 0.2) is 16.6 Å². The number of hydrogen-bond acceptors (Lipinski definition) is 3. The molecule has 1 rings (SSSR count). The fourth-order valence-electron chi connectivity index (χ4n) is 1.21. The van der Waals surface area contributed by atoms with Gasteiger partial charge in [-0.05, 0) is 47.6 Å². The Balaban J connectivity index is 2.92. The van der Waals surface area contributed by atoms with Crippen LogP contribution in [0.25, 0.3) is 0 Å². The standard InChI is InChI=1S/C10H14BrNO2/c1-12-6-5-7-3-4-8(14-2)10(13)9(7)11/h3-4,12-13H,5-6H2,1-2H3. The Labute approximate surface area is 92.2 Å². The van der Waals surface area contributed by atoms with E-state index >= 15 is 0 Å². The van der Waals surface area contributed by atoms with Crippen LogP contribution in [-0.2, 0) is 6.42 Å². The van der Waals surface area contributed by atoms with Gasteiger partial charge in [-0.15, -0.1) is 0 Å². The highest BCUT2D eigenvalue weighted by atomic mass is 79.9. The maximum atomic E-state index is 9.69. The van der Waals surface area contributed by atoms with Gasteiger partial charge in [0.05, 0.1) is 11.6 Å². The Hall–Kier alpha value is -0.740. The van der Waals surface area contributed by atoms with Crippen molar-refractivity contribution in [3.05, 3.63) is 22.2 Å². The van der Waals surface area contributed by atoms with Gasteiger partial charge in [0.15, 0.2) is 11.5 Å². The molecule has 3 nitrogen and oxygen atoms in total. The molecule has 0 aliphatic carbocycles. The first-order valence-corrected chi connectivity index (χ1v) is 5.19. The molecular formula is C10H14BrNO2. The van der Waals surface area contributed by atoms with Crippen LogP contribution in [0.2, 0.25) is 0 Å².